The van der Waals surface area contributed by atoms with Crippen molar-refractivity contribution in [2.45, 2.75) is 33.2 Å². The van der Waals surface area contributed by atoms with Gasteiger partial charge in [0.25, 0.3) is 5.91 Å². The summed E-state index contributed by atoms with van der Waals surface area (Å²) in [7, 11) is 0. The van der Waals surface area contributed by atoms with Crippen molar-refractivity contribution in [3.8, 4) is 5.75 Å². The molecule has 0 saturated carbocycles. The minimum Gasteiger partial charge on any atom is -0.493 e. The molecule has 0 fully saturated rings. The fourth-order valence-corrected chi connectivity index (χ4v) is 4.41. The number of carbonyl (C=O) groups excluding carboxylic acids is 1. The van der Waals surface area contributed by atoms with Crippen LogP contribution in [0.1, 0.15) is 33.0 Å². The molecule has 0 saturated heterocycles. The van der Waals surface area contributed by atoms with Gasteiger partial charge in [0.05, 0.1) is 22.5 Å². The number of hydrogen-bond donors (Lipinski definition) is 1. The molecule has 2 aromatic heterocycles. The lowest BCUT2D eigenvalue weighted by molar-refractivity contribution is 0.0958. The zero-order valence-electron chi connectivity index (χ0n) is 17.9. The van der Waals surface area contributed by atoms with E-state index in [0.717, 1.165) is 51.6 Å². The molecule has 6 heteroatoms. The number of hydrogen-bond acceptors (Lipinski definition) is 4. The molecule has 2 aromatic carbocycles. The van der Waals surface area contributed by atoms with Gasteiger partial charge < -0.3 is 14.6 Å². The van der Waals surface area contributed by atoms with Crippen molar-refractivity contribution < 1.29 is 9.53 Å². The van der Waals surface area contributed by atoms with Gasteiger partial charge in [-0.1, -0.05) is 36.4 Å². The van der Waals surface area contributed by atoms with E-state index in [-0.39, 0.29) is 5.91 Å². The smallest absolute Gasteiger partial charge is 0.261 e. The fourth-order valence-electron chi connectivity index (χ4n) is 3.77. The first-order valence-electron chi connectivity index (χ1n) is 10.6. The third-order valence-corrected chi connectivity index (χ3v) is 6.16. The maximum absolute atomic E-state index is 12.2. The lowest BCUT2D eigenvalue weighted by atomic mass is 10.1. The van der Waals surface area contributed by atoms with Crippen LogP contribution < -0.4 is 10.1 Å². The van der Waals surface area contributed by atoms with Crippen molar-refractivity contribution in [1.82, 2.24) is 14.9 Å². The topological polar surface area (TPSA) is 56.1 Å². The molecule has 31 heavy (non-hydrogen) atoms. The number of para-hydroxylation sites is 3. The molecule has 1 amide bonds. The number of carbonyl (C=O) groups is 1. The average molecular weight is 434 g/mol. The first-order chi connectivity index (χ1) is 15.1. The summed E-state index contributed by atoms with van der Waals surface area (Å²) in [4.78, 5) is 17.8. The van der Waals surface area contributed by atoms with Crippen LogP contribution in [0.25, 0.3) is 11.0 Å². The zero-order valence-corrected chi connectivity index (χ0v) is 18.7. The molecule has 0 aliphatic carbocycles. The molecule has 0 bridgehead atoms. The Bertz CT molecular complexity index is 1140. The SMILES string of the molecule is Cc1cccc(C)c1OCCCn1c(CCNC(=O)c2cccs2)nc2ccccc21. The van der Waals surface area contributed by atoms with E-state index in [9.17, 15) is 4.79 Å². The largest absolute Gasteiger partial charge is 0.493 e. The molecule has 4 rings (SSSR count). The van der Waals surface area contributed by atoms with Crippen molar-refractivity contribution in [3.63, 3.8) is 0 Å². The second-order valence-corrected chi connectivity index (χ2v) is 8.52. The van der Waals surface area contributed by atoms with Crippen LogP contribution in [-0.2, 0) is 13.0 Å². The van der Waals surface area contributed by atoms with Gasteiger partial charge in [0.2, 0.25) is 0 Å². The van der Waals surface area contributed by atoms with Gasteiger partial charge in [-0.2, -0.15) is 0 Å². The van der Waals surface area contributed by atoms with Crippen molar-refractivity contribution in [3.05, 3.63) is 81.8 Å². The maximum atomic E-state index is 12.2. The minimum atomic E-state index is -0.0281. The van der Waals surface area contributed by atoms with Crippen LogP contribution in [0.4, 0.5) is 0 Å². The number of nitrogens with one attached hydrogen (secondary N) is 1. The number of imidazole rings is 1. The van der Waals surface area contributed by atoms with Gasteiger partial charge in [0, 0.05) is 19.5 Å². The molecule has 1 N–H and O–H groups in total. The number of thiophene rings is 1. The highest BCUT2D eigenvalue weighted by Gasteiger charge is 2.12. The monoisotopic (exact) mass is 433 g/mol. The summed E-state index contributed by atoms with van der Waals surface area (Å²) >= 11 is 1.45. The van der Waals surface area contributed by atoms with Gasteiger partial charge in [-0.3, -0.25) is 4.79 Å². The number of nitrogens with zero attached hydrogens (tertiary/aromatic N) is 2. The Hall–Kier alpha value is -3.12. The Balaban J connectivity index is 1.39. The average Bonchev–Trinajstić information content (AvgIpc) is 3.41. The summed E-state index contributed by atoms with van der Waals surface area (Å²) in [6.07, 6.45) is 1.56. The third kappa shape index (κ3) is 4.97. The Morgan fingerprint density at radius 1 is 1.06 bits per heavy atom. The molecule has 0 atom stereocenters. The van der Waals surface area contributed by atoms with Crippen LogP contribution in [0, 0.1) is 13.8 Å². The van der Waals surface area contributed by atoms with Crippen molar-refractivity contribution in [2.75, 3.05) is 13.2 Å². The van der Waals surface area contributed by atoms with Gasteiger partial charge >= 0.3 is 0 Å². The van der Waals surface area contributed by atoms with Gasteiger partial charge in [-0.25, -0.2) is 4.98 Å². The second-order valence-electron chi connectivity index (χ2n) is 7.57. The third-order valence-electron chi connectivity index (χ3n) is 5.29. The highest BCUT2D eigenvalue weighted by molar-refractivity contribution is 7.12. The molecule has 0 aliphatic rings. The normalized spacial score (nSPS) is 11.0. The predicted octanol–water partition coefficient (Wildman–Crippen LogP) is 5.16. The standard InChI is InChI=1S/C25H27N3O2S/c1-18-8-5-9-19(2)24(18)30-16-7-15-28-21-11-4-3-10-20(21)27-23(28)13-14-26-25(29)22-12-6-17-31-22/h3-6,8-12,17H,7,13-16H2,1-2H3,(H,26,29). The molecule has 5 nitrogen and oxygen atoms in total. The van der Waals surface area contributed by atoms with Crippen LogP contribution >= 0.6 is 11.3 Å². The summed E-state index contributed by atoms with van der Waals surface area (Å²) in [5.74, 6) is 1.94. The second kappa shape index (κ2) is 9.79. The molecular weight excluding hydrogens is 406 g/mol. The van der Waals surface area contributed by atoms with Crippen LogP contribution in [0.3, 0.4) is 0 Å². The molecule has 0 aliphatic heterocycles. The van der Waals surface area contributed by atoms with Crippen LogP contribution in [0.5, 0.6) is 5.75 Å². The lowest BCUT2D eigenvalue weighted by Gasteiger charge is -2.13. The molecule has 0 spiro atoms. The quantitative estimate of drug-likeness (QED) is 0.371. The van der Waals surface area contributed by atoms with E-state index in [1.54, 1.807) is 0 Å². The van der Waals surface area contributed by atoms with Gasteiger partial charge in [0.1, 0.15) is 11.6 Å². The highest BCUT2D eigenvalue weighted by atomic mass is 32.1. The Morgan fingerprint density at radius 3 is 2.65 bits per heavy atom. The summed E-state index contributed by atoms with van der Waals surface area (Å²) in [5, 5.41) is 4.91. The number of aromatic nitrogens is 2. The van der Waals surface area contributed by atoms with Crippen molar-refractivity contribution in [2.24, 2.45) is 0 Å². The summed E-state index contributed by atoms with van der Waals surface area (Å²) < 4.78 is 8.33. The van der Waals surface area contributed by atoms with E-state index in [1.807, 2.05) is 35.7 Å². The minimum absolute atomic E-state index is 0.0281. The maximum Gasteiger partial charge on any atom is 0.261 e. The Kier molecular flexibility index (Phi) is 6.67. The molecule has 160 valence electrons. The highest BCUT2D eigenvalue weighted by Crippen LogP contribution is 2.23. The Labute approximate surface area is 186 Å². The number of amides is 1. The molecule has 0 unspecified atom stereocenters. The predicted molar refractivity (Wildman–Crippen MR) is 126 cm³/mol. The first-order valence-corrected chi connectivity index (χ1v) is 11.5. The number of fused-ring (bicyclic) bond motifs is 1. The zero-order chi connectivity index (χ0) is 21.6. The van der Waals surface area contributed by atoms with Crippen LogP contribution in [0.15, 0.2) is 60.0 Å². The number of ether oxygens (including phenoxy) is 1. The molecule has 2 heterocycles. The summed E-state index contributed by atoms with van der Waals surface area (Å²) in [5.41, 5.74) is 4.43. The van der Waals surface area contributed by atoms with Crippen LogP contribution in [0.2, 0.25) is 0 Å². The van der Waals surface area contributed by atoms with Gasteiger partial charge in [-0.15, -0.1) is 11.3 Å². The van der Waals surface area contributed by atoms with E-state index in [0.29, 0.717) is 19.6 Å². The lowest BCUT2D eigenvalue weighted by Crippen LogP contribution is -2.25. The van der Waals surface area contributed by atoms with E-state index >= 15 is 0 Å². The van der Waals surface area contributed by atoms with Gasteiger partial charge in [0.15, 0.2) is 0 Å². The van der Waals surface area contributed by atoms with E-state index in [1.165, 1.54) is 11.3 Å². The van der Waals surface area contributed by atoms with Crippen molar-refractivity contribution >= 4 is 28.3 Å². The molecule has 4 aromatic rings. The van der Waals surface area contributed by atoms with Gasteiger partial charge in [-0.05, 0) is 55.0 Å². The number of benzene rings is 2. The molecule has 0 radical (unpaired) electrons. The van der Waals surface area contributed by atoms with Crippen molar-refractivity contribution in [1.29, 1.82) is 0 Å². The summed E-state index contributed by atoms with van der Waals surface area (Å²) in [6, 6.07) is 18.1. The van der Waals surface area contributed by atoms with E-state index in [4.69, 9.17) is 9.72 Å². The molecular formula is C25H27N3O2S. The summed E-state index contributed by atoms with van der Waals surface area (Å²) in [6.45, 7) is 6.17. The first kappa shape index (κ1) is 21.1. The number of aryl methyl sites for hydroxylation is 3. The number of rotatable bonds is 9. The van der Waals surface area contributed by atoms with E-state index in [2.05, 4.69) is 48.0 Å². The van der Waals surface area contributed by atoms with Crippen LogP contribution in [-0.4, -0.2) is 28.6 Å². The Morgan fingerprint density at radius 2 is 1.87 bits per heavy atom. The fraction of sp³-hybridized carbons (Fsp3) is 0.280. The van der Waals surface area contributed by atoms with E-state index < -0.39 is 0 Å².